The molecule has 1 amide bonds. The lowest BCUT2D eigenvalue weighted by molar-refractivity contribution is 0.102. The molecule has 2 aromatic rings. The van der Waals surface area contributed by atoms with Crippen LogP contribution >= 0.6 is 11.6 Å². The molecule has 0 saturated carbocycles. The van der Waals surface area contributed by atoms with Gasteiger partial charge >= 0.3 is 0 Å². The van der Waals surface area contributed by atoms with Gasteiger partial charge in [-0.15, -0.1) is 0 Å². The quantitative estimate of drug-likeness (QED) is 0.884. The number of amides is 1. The zero-order valence-electron chi connectivity index (χ0n) is 10.7. The van der Waals surface area contributed by atoms with Crippen molar-refractivity contribution in [3.05, 3.63) is 52.2 Å². The lowest BCUT2D eigenvalue weighted by atomic mass is 10.2. The Hall–Kier alpha value is -2.07. The Morgan fingerprint density at radius 2 is 2.00 bits per heavy atom. The average molecular weight is 276 g/mol. The molecular weight excluding hydrogens is 262 g/mol. The first-order chi connectivity index (χ1) is 8.95. The summed E-state index contributed by atoms with van der Waals surface area (Å²) in [5.41, 5.74) is 8.38. The van der Waals surface area contributed by atoms with Crippen molar-refractivity contribution in [1.29, 1.82) is 0 Å². The zero-order chi connectivity index (χ0) is 14.0. The van der Waals surface area contributed by atoms with Crippen LogP contribution in [0.5, 0.6) is 0 Å². The number of hydrogen-bond donors (Lipinski definition) is 2. The number of pyridine rings is 1. The minimum Gasteiger partial charge on any atom is -0.384 e. The van der Waals surface area contributed by atoms with Gasteiger partial charge in [-0.25, -0.2) is 4.98 Å². The molecule has 0 saturated heterocycles. The number of nitrogens with one attached hydrogen (secondary N) is 1. The number of carbonyl (C=O) groups excluding carboxylic acids is 1. The van der Waals surface area contributed by atoms with Crippen molar-refractivity contribution in [2.45, 2.75) is 13.8 Å². The largest absolute Gasteiger partial charge is 0.384 e. The molecule has 0 spiro atoms. The molecule has 98 valence electrons. The summed E-state index contributed by atoms with van der Waals surface area (Å²) >= 11 is 6.04. The van der Waals surface area contributed by atoms with Crippen molar-refractivity contribution < 1.29 is 4.79 Å². The second-order valence-corrected chi connectivity index (χ2v) is 4.77. The van der Waals surface area contributed by atoms with Crippen LogP contribution in [-0.4, -0.2) is 10.9 Å². The van der Waals surface area contributed by atoms with Crippen molar-refractivity contribution in [3.63, 3.8) is 0 Å². The number of carbonyl (C=O) groups is 1. The standard InChI is InChI=1S/C14H14ClN3O/c1-8-3-4-11(15)12(5-8)18-14(19)10-6-9(2)17-13(16)7-10/h3-7H,1-2H3,(H2,16,17)(H,18,19). The summed E-state index contributed by atoms with van der Waals surface area (Å²) in [7, 11) is 0. The number of halogens is 1. The highest BCUT2D eigenvalue weighted by atomic mass is 35.5. The van der Waals surface area contributed by atoms with Crippen LogP contribution < -0.4 is 11.1 Å². The molecule has 1 aromatic heterocycles. The van der Waals surface area contributed by atoms with Crippen LogP contribution in [0.1, 0.15) is 21.6 Å². The number of anilines is 2. The number of nitrogens with zero attached hydrogens (tertiary/aromatic N) is 1. The van der Waals surface area contributed by atoms with Gasteiger partial charge in [0.1, 0.15) is 5.82 Å². The van der Waals surface area contributed by atoms with Crippen LogP contribution in [0.15, 0.2) is 30.3 Å². The van der Waals surface area contributed by atoms with Crippen molar-refractivity contribution in [2.75, 3.05) is 11.1 Å². The van der Waals surface area contributed by atoms with Gasteiger partial charge in [-0.05, 0) is 43.7 Å². The lowest BCUT2D eigenvalue weighted by Gasteiger charge is -2.09. The molecule has 5 heteroatoms. The van der Waals surface area contributed by atoms with E-state index in [0.717, 1.165) is 5.56 Å². The molecule has 0 atom stereocenters. The fraction of sp³-hybridized carbons (Fsp3) is 0.143. The minimum absolute atomic E-state index is 0.260. The summed E-state index contributed by atoms with van der Waals surface area (Å²) < 4.78 is 0. The number of benzene rings is 1. The predicted molar refractivity (Wildman–Crippen MR) is 77.5 cm³/mol. The number of hydrogen-bond acceptors (Lipinski definition) is 3. The molecule has 2 rings (SSSR count). The smallest absolute Gasteiger partial charge is 0.255 e. The van der Waals surface area contributed by atoms with Gasteiger partial charge in [0.15, 0.2) is 0 Å². The van der Waals surface area contributed by atoms with E-state index in [9.17, 15) is 4.79 Å². The van der Waals surface area contributed by atoms with Gasteiger partial charge in [-0.3, -0.25) is 4.79 Å². The van der Waals surface area contributed by atoms with E-state index in [4.69, 9.17) is 17.3 Å². The maximum absolute atomic E-state index is 12.1. The number of nitrogen functional groups attached to an aromatic ring is 1. The highest BCUT2D eigenvalue weighted by molar-refractivity contribution is 6.34. The third kappa shape index (κ3) is 3.23. The van der Waals surface area contributed by atoms with Crippen molar-refractivity contribution in [2.24, 2.45) is 0 Å². The summed E-state index contributed by atoms with van der Waals surface area (Å²) in [5, 5.41) is 3.27. The third-order valence-electron chi connectivity index (χ3n) is 2.61. The van der Waals surface area contributed by atoms with E-state index >= 15 is 0 Å². The minimum atomic E-state index is -0.260. The molecule has 0 radical (unpaired) electrons. The summed E-state index contributed by atoms with van der Waals surface area (Å²) in [6.07, 6.45) is 0. The van der Waals surface area contributed by atoms with Crippen molar-refractivity contribution in [1.82, 2.24) is 4.98 Å². The zero-order valence-corrected chi connectivity index (χ0v) is 11.5. The second-order valence-electron chi connectivity index (χ2n) is 4.36. The lowest BCUT2D eigenvalue weighted by Crippen LogP contribution is -2.13. The first-order valence-electron chi connectivity index (χ1n) is 5.77. The number of aryl methyl sites for hydroxylation is 2. The molecule has 0 aliphatic rings. The Kier molecular flexibility index (Phi) is 3.71. The van der Waals surface area contributed by atoms with Crippen LogP contribution in [-0.2, 0) is 0 Å². The SMILES string of the molecule is Cc1ccc(Cl)c(NC(=O)c2cc(C)nc(N)c2)c1. The molecule has 19 heavy (non-hydrogen) atoms. The van der Waals surface area contributed by atoms with Gasteiger partial charge in [0, 0.05) is 11.3 Å². The van der Waals surface area contributed by atoms with E-state index in [1.165, 1.54) is 6.07 Å². The monoisotopic (exact) mass is 275 g/mol. The Labute approximate surface area is 116 Å². The van der Waals surface area contributed by atoms with Crippen LogP contribution in [0, 0.1) is 13.8 Å². The maximum Gasteiger partial charge on any atom is 0.255 e. The highest BCUT2D eigenvalue weighted by Crippen LogP contribution is 2.23. The fourth-order valence-corrected chi connectivity index (χ4v) is 1.92. The normalized spacial score (nSPS) is 10.3. The van der Waals surface area contributed by atoms with E-state index in [1.54, 1.807) is 19.1 Å². The Balaban J connectivity index is 2.28. The van der Waals surface area contributed by atoms with Gasteiger partial charge in [0.25, 0.3) is 5.91 Å². The Bertz CT molecular complexity index is 620. The molecule has 1 heterocycles. The fourth-order valence-electron chi connectivity index (χ4n) is 1.75. The molecule has 0 aliphatic carbocycles. The van der Waals surface area contributed by atoms with E-state index in [1.807, 2.05) is 19.1 Å². The van der Waals surface area contributed by atoms with Crippen molar-refractivity contribution in [3.8, 4) is 0 Å². The van der Waals surface area contributed by atoms with Gasteiger partial charge in [-0.2, -0.15) is 0 Å². The van der Waals surface area contributed by atoms with E-state index in [-0.39, 0.29) is 5.91 Å². The predicted octanol–water partition coefficient (Wildman–Crippen LogP) is 3.19. The van der Waals surface area contributed by atoms with E-state index in [2.05, 4.69) is 10.3 Å². The number of aromatic nitrogens is 1. The van der Waals surface area contributed by atoms with E-state index < -0.39 is 0 Å². The molecule has 0 fully saturated rings. The topological polar surface area (TPSA) is 68.0 Å². The molecule has 1 aromatic carbocycles. The van der Waals surface area contributed by atoms with Crippen LogP contribution in [0.4, 0.5) is 11.5 Å². The second kappa shape index (κ2) is 5.28. The summed E-state index contributed by atoms with van der Waals surface area (Å²) in [6.45, 7) is 3.72. The van der Waals surface area contributed by atoms with Crippen LogP contribution in [0.2, 0.25) is 5.02 Å². The average Bonchev–Trinajstić information content (AvgIpc) is 2.32. The summed E-state index contributed by atoms with van der Waals surface area (Å²) in [6, 6.07) is 8.66. The van der Waals surface area contributed by atoms with Crippen molar-refractivity contribution >= 4 is 29.0 Å². The van der Waals surface area contributed by atoms with E-state index in [0.29, 0.717) is 27.8 Å². The molecule has 4 nitrogen and oxygen atoms in total. The van der Waals surface area contributed by atoms with Crippen LogP contribution in [0.3, 0.4) is 0 Å². The first kappa shape index (κ1) is 13.4. The van der Waals surface area contributed by atoms with Gasteiger partial charge < -0.3 is 11.1 Å². The van der Waals surface area contributed by atoms with Gasteiger partial charge in [-0.1, -0.05) is 17.7 Å². The highest BCUT2D eigenvalue weighted by Gasteiger charge is 2.10. The third-order valence-corrected chi connectivity index (χ3v) is 2.94. The molecular formula is C14H14ClN3O. The Morgan fingerprint density at radius 3 is 2.68 bits per heavy atom. The number of nitrogens with two attached hydrogens (primary N) is 1. The summed E-state index contributed by atoms with van der Waals surface area (Å²) in [5.74, 6) is 0.0604. The molecule has 0 bridgehead atoms. The summed E-state index contributed by atoms with van der Waals surface area (Å²) in [4.78, 5) is 16.2. The molecule has 3 N–H and O–H groups in total. The molecule has 0 unspecified atom stereocenters. The first-order valence-corrected chi connectivity index (χ1v) is 6.15. The number of rotatable bonds is 2. The maximum atomic E-state index is 12.1. The van der Waals surface area contributed by atoms with Crippen LogP contribution in [0.25, 0.3) is 0 Å². The van der Waals surface area contributed by atoms with Gasteiger partial charge in [0.2, 0.25) is 0 Å². The Morgan fingerprint density at radius 1 is 1.26 bits per heavy atom. The van der Waals surface area contributed by atoms with Gasteiger partial charge in [0.05, 0.1) is 10.7 Å². The molecule has 0 aliphatic heterocycles.